The van der Waals surface area contributed by atoms with E-state index in [1.54, 1.807) is 24.3 Å². The first-order valence-electron chi connectivity index (χ1n) is 11.7. The first-order chi connectivity index (χ1) is 19.5. The van der Waals surface area contributed by atoms with Crippen LogP contribution >= 0.6 is 85.4 Å². The van der Waals surface area contributed by atoms with Gasteiger partial charge in [-0.1, -0.05) is 87.5 Å². The standard InChI is InChI=1S/C27H18BrCl4N3O4S2/c1-2-17(24(36)35-27-34-16(11-40-27)12-6-8-13(28)9-7-12)41-15-5-3-4-14(10-15)33-25(37)18-19(26(38)39)21(30)23(32)22(31)20(18)29/h3-11,17H,2H2,1H3,(H,33,37)(H,38,39)(H,34,35,36). The van der Waals surface area contributed by atoms with Crippen LogP contribution in [0.4, 0.5) is 10.8 Å². The van der Waals surface area contributed by atoms with Crippen LogP contribution in [0.5, 0.6) is 0 Å². The van der Waals surface area contributed by atoms with Gasteiger partial charge in [0.1, 0.15) is 0 Å². The quantitative estimate of drug-likeness (QED) is 0.0899. The molecule has 0 radical (unpaired) electrons. The summed E-state index contributed by atoms with van der Waals surface area (Å²) in [5.74, 6) is -2.55. The number of hydrogen-bond acceptors (Lipinski definition) is 6. The SMILES string of the molecule is CCC(Sc1cccc(NC(=O)c2c(Cl)c(Cl)c(Cl)c(Cl)c2C(=O)O)c1)C(=O)Nc1nc(-c2ccc(Br)cc2)cs1. The number of carbonyl (C=O) groups excluding carboxylic acids is 2. The van der Waals surface area contributed by atoms with Crippen molar-refractivity contribution in [3.05, 3.63) is 89.6 Å². The van der Waals surface area contributed by atoms with E-state index in [9.17, 15) is 19.5 Å². The topological polar surface area (TPSA) is 108 Å². The Labute approximate surface area is 271 Å². The molecule has 1 atom stereocenters. The fraction of sp³-hybridized carbons (Fsp3) is 0.111. The third-order valence-corrected chi connectivity index (χ3v) is 10.1. The third-order valence-electron chi connectivity index (χ3n) is 5.62. The second-order valence-electron chi connectivity index (χ2n) is 8.34. The zero-order valence-electron chi connectivity index (χ0n) is 20.8. The van der Waals surface area contributed by atoms with E-state index in [0.29, 0.717) is 22.1 Å². The summed E-state index contributed by atoms with van der Waals surface area (Å²) < 4.78 is 0.962. The summed E-state index contributed by atoms with van der Waals surface area (Å²) >= 11 is 30.3. The number of amides is 2. The van der Waals surface area contributed by atoms with Crippen molar-refractivity contribution in [1.82, 2.24) is 4.98 Å². The maximum absolute atomic E-state index is 13.1. The van der Waals surface area contributed by atoms with Gasteiger partial charge in [-0.25, -0.2) is 9.78 Å². The van der Waals surface area contributed by atoms with Crippen LogP contribution in [-0.4, -0.2) is 33.1 Å². The number of nitrogens with one attached hydrogen (secondary N) is 2. The van der Waals surface area contributed by atoms with Crippen LogP contribution < -0.4 is 10.6 Å². The van der Waals surface area contributed by atoms with E-state index in [4.69, 9.17) is 46.4 Å². The highest BCUT2D eigenvalue weighted by atomic mass is 79.9. The van der Waals surface area contributed by atoms with Crippen LogP contribution in [0.1, 0.15) is 34.1 Å². The number of anilines is 2. The zero-order chi connectivity index (χ0) is 29.8. The van der Waals surface area contributed by atoms with Gasteiger partial charge in [-0.3, -0.25) is 9.59 Å². The minimum Gasteiger partial charge on any atom is -0.478 e. The van der Waals surface area contributed by atoms with Gasteiger partial charge in [-0.05, 0) is 36.8 Å². The Morgan fingerprint density at radius 1 is 0.976 bits per heavy atom. The molecule has 0 fully saturated rings. The highest BCUT2D eigenvalue weighted by molar-refractivity contribution is 9.10. The summed E-state index contributed by atoms with van der Waals surface area (Å²) in [7, 11) is 0. The van der Waals surface area contributed by atoms with Gasteiger partial charge in [0.15, 0.2) is 5.13 Å². The number of halogens is 5. The molecule has 0 spiro atoms. The average molecular weight is 734 g/mol. The molecule has 0 aliphatic rings. The van der Waals surface area contributed by atoms with Crippen LogP contribution in [0, 0.1) is 0 Å². The minimum atomic E-state index is -1.49. The molecule has 0 saturated carbocycles. The molecule has 0 saturated heterocycles. The highest BCUT2D eigenvalue weighted by Gasteiger charge is 2.29. The van der Waals surface area contributed by atoms with Gasteiger partial charge in [0.2, 0.25) is 5.91 Å². The number of rotatable bonds is 9. The number of nitrogens with zero attached hydrogens (tertiary/aromatic N) is 1. The molecule has 212 valence electrons. The van der Waals surface area contributed by atoms with Crippen molar-refractivity contribution in [2.75, 3.05) is 10.6 Å². The zero-order valence-corrected chi connectivity index (χ0v) is 27.0. The van der Waals surface area contributed by atoms with E-state index in [1.807, 2.05) is 36.6 Å². The molecule has 3 aromatic carbocycles. The maximum Gasteiger partial charge on any atom is 0.338 e. The number of carboxylic acid groups (broad SMARTS) is 1. The smallest absolute Gasteiger partial charge is 0.338 e. The average Bonchev–Trinajstić information content (AvgIpc) is 3.40. The van der Waals surface area contributed by atoms with E-state index < -0.39 is 33.3 Å². The van der Waals surface area contributed by atoms with E-state index >= 15 is 0 Å². The van der Waals surface area contributed by atoms with Crippen LogP contribution in [0.3, 0.4) is 0 Å². The Hall–Kier alpha value is -2.31. The molecule has 4 aromatic rings. The summed E-state index contributed by atoms with van der Waals surface area (Å²) in [6.07, 6.45) is 0.525. The molecule has 3 N–H and O–H groups in total. The Morgan fingerprint density at radius 2 is 1.63 bits per heavy atom. The third kappa shape index (κ3) is 7.37. The first kappa shape index (κ1) is 31.6. The van der Waals surface area contributed by atoms with Gasteiger partial charge in [-0.15, -0.1) is 23.1 Å². The van der Waals surface area contributed by atoms with Gasteiger partial charge >= 0.3 is 5.97 Å². The van der Waals surface area contributed by atoms with Crippen molar-refractivity contribution in [2.45, 2.75) is 23.5 Å². The van der Waals surface area contributed by atoms with Gasteiger partial charge in [0, 0.05) is 26.0 Å². The molecule has 4 rings (SSSR count). The summed E-state index contributed by atoms with van der Waals surface area (Å²) in [6.45, 7) is 1.89. The Kier molecular flexibility index (Phi) is 10.6. The number of aromatic nitrogens is 1. The Morgan fingerprint density at radius 3 is 2.27 bits per heavy atom. The summed E-state index contributed by atoms with van der Waals surface area (Å²) in [4.78, 5) is 43.2. The summed E-state index contributed by atoms with van der Waals surface area (Å²) in [5.41, 5.74) is 1.04. The lowest BCUT2D eigenvalue weighted by atomic mass is 10.1. The van der Waals surface area contributed by atoms with Crippen LogP contribution in [-0.2, 0) is 4.79 Å². The highest BCUT2D eigenvalue weighted by Crippen LogP contribution is 2.42. The fourth-order valence-electron chi connectivity index (χ4n) is 3.64. The predicted molar refractivity (Wildman–Crippen MR) is 172 cm³/mol. The van der Waals surface area contributed by atoms with E-state index in [0.717, 1.165) is 15.7 Å². The van der Waals surface area contributed by atoms with Crippen molar-refractivity contribution in [1.29, 1.82) is 0 Å². The second kappa shape index (κ2) is 13.8. The molecule has 7 nitrogen and oxygen atoms in total. The van der Waals surface area contributed by atoms with Crippen LogP contribution in [0.25, 0.3) is 11.3 Å². The molecule has 14 heteroatoms. The monoisotopic (exact) mass is 731 g/mol. The number of benzene rings is 3. The van der Waals surface area contributed by atoms with Gasteiger partial charge in [0.05, 0.1) is 42.2 Å². The number of thioether (sulfide) groups is 1. The van der Waals surface area contributed by atoms with Crippen molar-refractivity contribution in [3.8, 4) is 11.3 Å². The maximum atomic E-state index is 13.1. The van der Waals surface area contributed by atoms with E-state index in [-0.39, 0.29) is 21.0 Å². The van der Waals surface area contributed by atoms with E-state index in [1.165, 1.54) is 23.1 Å². The second-order valence-corrected chi connectivity index (χ2v) is 12.9. The molecule has 1 heterocycles. The number of hydrogen-bond donors (Lipinski definition) is 3. The fourth-order valence-corrected chi connectivity index (χ4v) is 6.66. The molecule has 0 bridgehead atoms. The number of aromatic carboxylic acids is 1. The number of carbonyl (C=O) groups is 3. The number of thiazole rings is 1. The molecule has 0 aliphatic carbocycles. The number of carboxylic acids is 1. The van der Waals surface area contributed by atoms with Crippen LogP contribution in [0.2, 0.25) is 20.1 Å². The minimum absolute atomic E-state index is 0.216. The summed E-state index contributed by atoms with van der Waals surface area (Å²) in [5, 5.41) is 15.8. The van der Waals surface area contributed by atoms with Crippen molar-refractivity contribution in [2.24, 2.45) is 0 Å². The van der Waals surface area contributed by atoms with Crippen molar-refractivity contribution < 1.29 is 19.5 Å². The normalized spacial score (nSPS) is 11.7. The van der Waals surface area contributed by atoms with Crippen LogP contribution in [0.15, 0.2) is 63.3 Å². The predicted octanol–water partition coefficient (Wildman–Crippen LogP) is 9.65. The molecule has 1 unspecified atom stereocenters. The molecule has 0 aliphatic heterocycles. The Balaban J connectivity index is 1.48. The molecular formula is C27H18BrCl4N3O4S2. The van der Waals surface area contributed by atoms with Gasteiger partial charge in [0.25, 0.3) is 5.91 Å². The lowest BCUT2D eigenvalue weighted by molar-refractivity contribution is -0.115. The van der Waals surface area contributed by atoms with E-state index in [2.05, 4.69) is 31.5 Å². The largest absolute Gasteiger partial charge is 0.478 e. The molecule has 1 aromatic heterocycles. The lowest BCUT2D eigenvalue weighted by Gasteiger charge is -2.16. The molecular weight excluding hydrogens is 716 g/mol. The van der Waals surface area contributed by atoms with Gasteiger partial charge in [-0.2, -0.15) is 0 Å². The Bertz CT molecular complexity index is 1650. The lowest BCUT2D eigenvalue weighted by Crippen LogP contribution is -2.24. The first-order valence-corrected chi connectivity index (χ1v) is 15.8. The van der Waals surface area contributed by atoms with Crippen molar-refractivity contribution >= 4 is 114 Å². The summed E-state index contributed by atoms with van der Waals surface area (Å²) in [6, 6.07) is 14.5. The van der Waals surface area contributed by atoms with Crippen molar-refractivity contribution in [3.63, 3.8) is 0 Å². The van der Waals surface area contributed by atoms with Gasteiger partial charge < -0.3 is 15.7 Å². The molecule has 2 amide bonds. The molecule has 41 heavy (non-hydrogen) atoms.